The molecule has 4 heteroatoms. The molecule has 0 aromatic heterocycles. The van der Waals surface area contributed by atoms with Crippen molar-refractivity contribution in [2.24, 2.45) is 11.7 Å². The number of carbonyl (C=O) groups is 1. The normalized spacial score (nSPS) is 14.3. The third kappa shape index (κ3) is 5.31. The minimum Gasteiger partial charge on any atom is -0.354 e. The predicted molar refractivity (Wildman–Crippen MR) is 83.3 cm³/mol. The van der Waals surface area contributed by atoms with E-state index < -0.39 is 0 Å². The van der Waals surface area contributed by atoms with Crippen LogP contribution in [0.1, 0.15) is 31.9 Å². The highest BCUT2D eigenvalue weighted by Crippen LogP contribution is 2.16. The molecule has 3 N–H and O–H groups in total. The predicted octanol–water partition coefficient (Wildman–Crippen LogP) is 1.78. The fourth-order valence-corrected chi connectivity index (χ4v) is 2.01. The molecule has 4 nitrogen and oxygen atoms in total. The molecule has 0 saturated heterocycles. The largest absolute Gasteiger partial charge is 0.354 e. The molecule has 0 radical (unpaired) electrons. The number of likely N-dealkylation sites (N-methyl/N-ethyl adjacent to an activating group) is 1. The topological polar surface area (TPSA) is 58.4 Å². The van der Waals surface area contributed by atoms with Crippen LogP contribution in [0.5, 0.6) is 0 Å². The molecule has 112 valence electrons. The summed E-state index contributed by atoms with van der Waals surface area (Å²) in [4.78, 5) is 14.0. The second-order valence-electron chi connectivity index (χ2n) is 5.81. The van der Waals surface area contributed by atoms with Crippen molar-refractivity contribution in [1.29, 1.82) is 0 Å². The lowest BCUT2D eigenvalue weighted by Crippen LogP contribution is -2.38. The van der Waals surface area contributed by atoms with Crippen molar-refractivity contribution in [1.82, 2.24) is 10.2 Å². The van der Waals surface area contributed by atoms with Crippen molar-refractivity contribution in [3.05, 3.63) is 35.9 Å². The number of nitrogens with one attached hydrogen (secondary N) is 1. The number of nitrogens with two attached hydrogens (primary N) is 1. The van der Waals surface area contributed by atoms with Crippen LogP contribution in [0.25, 0.3) is 0 Å². The summed E-state index contributed by atoms with van der Waals surface area (Å²) in [5.41, 5.74) is 7.12. The van der Waals surface area contributed by atoms with Crippen LogP contribution in [0.15, 0.2) is 30.3 Å². The van der Waals surface area contributed by atoms with Crippen LogP contribution in [-0.4, -0.2) is 37.5 Å². The standard InChI is InChI=1S/C16H27N3O/c1-12(2)14(17)10-16(20)18-11-15(19(3)4)13-8-6-5-7-9-13/h5-9,12,14-15H,10-11,17H2,1-4H3,(H,18,20). The van der Waals surface area contributed by atoms with Gasteiger partial charge in [-0.15, -0.1) is 0 Å². The molecule has 1 amide bonds. The smallest absolute Gasteiger partial charge is 0.221 e. The molecule has 2 atom stereocenters. The second kappa shape index (κ2) is 8.02. The quantitative estimate of drug-likeness (QED) is 0.798. The van der Waals surface area contributed by atoms with E-state index in [-0.39, 0.29) is 18.0 Å². The third-order valence-corrected chi connectivity index (χ3v) is 3.58. The van der Waals surface area contributed by atoms with E-state index in [1.165, 1.54) is 5.56 Å². The highest BCUT2D eigenvalue weighted by atomic mass is 16.1. The van der Waals surface area contributed by atoms with E-state index in [1.54, 1.807) is 0 Å². The van der Waals surface area contributed by atoms with Crippen LogP contribution in [0.3, 0.4) is 0 Å². The fraction of sp³-hybridized carbons (Fsp3) is 0.562. The molecule has 2 unspecified atom stereocenters. The number of hydrogen-bond donors (Lipinski definition) is 2. The van der Waals surface area contributed by atoms with Gasteiger partial charge < -0.3 is 16.0 Å². The Hall–Kier alpha value is -1.39. The average Bonchev–Trinajstić information content (AvgIpc) is 2.39. The summed E-state index contributed by atoms with van der Waals surface area (Å²) in [5, 5.41) is 2.99. The monoisotopic (exact) mass is 277 g/mol. The van der Waals surface area contributed by atoms with E-state index in [0.29, 0.717) is 18.9 Å². The van der Waals surface area contributed by atoms with Crippen molar-refractivity contribution in [3.8, 4) is 0 Å². The first-order chi connectivity index (χ1) is 9.41. The molecule has 1 aromatic rings. The molecule has 0 aliphatic heterocycles. The highest BCUT2D eigenvalue weighted by molar-refractivity contribution is 5.76. The molecule has 0 aliphatic carbocycles. The van der Waals surface area contributed by atoms with Crippen LogP contribution < -0.4 is 11.1 Å². The van der Waals surface area contributed by atoms with E-state index >= 15 is 0 Å². The first-order valence-corrected chi connectivity index (χ1v) is 7.15. The number of amides is 1. The molecule has 0 saturated carbocycles. The van der Waals surface area contributed by atoms with E-state index in [0.717, 1.165) is 0 Å². The Morgan fingerprint density at radius 3 is 2.35 bits per heavy atom. The molecule has 0 bridgehead atoms. The summed E-state index contributed by atoms with van der Waals surface area (Å²) in [6.45, 7) is 4.66. The van der Waals surface area contributed by atoms with Gasteiger partial charge in [-0.1, -0.05) is 44.2 Å². The SMILES string of the molecule is CC(C)C(N)CC(=O)NCC(c1ccccc1)N(C)C. The zero-order valence-corrected chi connectivity index (χ0v) is 13.0. The van der Waals surface area contributed by atoms with Crippen molar-refractivity contribution in [3.63, 3.8) is 0 Å². The van der Waals surface area contributed by atoms with E-state index in [2.05, 4.69) is 22.3 Å². The van der Waals surface area contributed by atoms with Gasteiger partial charge in [0, 0.05) is 19.0 Å². The molecule has 0 aliphatic rings. The van der Waals surface area contributed by atoms with Crippen LogP contribution in [0.2, 0.25) is 0 Å². The zero-order valence-electron chi connectivity index (χ0n) is 13.0. The molecule has 0 spiro atoms. The number of carbonyl (C=O) groups excluding carboxylic acids is 1. The lowest BCUT2D eigenvalue weighted by Gasteiger charge is -2.25. The number of hydrogen-bond acceptors (Lipinski definition) is 3. The number of rotatable bonds is 7. The van der Waals surface area contributed by atoms with Gasteiger partial charge in [0.2, 0.25) is 5.91 Å². The molecule has 20 heavy (non-hydrogen) atoms. The van der Waals surface area contributed by atoms with Gasteiger partial charge in [0.05, 0.1) is 6.04 Å². The lowest BCUT2D eigenvalue weighted by atomic mass is 10.0. The Labute approximate surface area is 122 Å². The Morgan fingerprint density at radius 2 is 1.85 bits per heavy atom. The number of benzene rings is 1. The summed E-state index contributed by atoms with van der Waals surface area (Å²) in [6, 6.07) is 10.3. The fourth-order valence-electron chi connectivity index (χ4n) is 2.01. The van der Waals surface area contributed by atoms with Gasteiger partial charge in [0.1, 0.15) is 0 Å². The van der Waals surface area contributed by atoms with Crippen molar-refractivity contribution < 1.29 is 4.79 Å². The Kier molecular flexibility index (Phi) is 6.68. The summed E-state index contributed by atoms with van der Waals surface area (Å²) in [5.74, 6) is 0.341. The molecule has 0 heterocycles. The van der Waals surface area contributed by atoms with E-state index in [9.17, 15) is 4.79 Å². The number of nitrogens with zero attached hydrogens (tertiary/aromatic N) is 1. The van der Waals surface area contributed by atoms with Crippen LogP contribution in [0, 0.1) is 5.92 Å². The van der Waals surface area contributed by atoms with Gasteiger partial charge >= 0.3 is 0 Å². The molecular weight excluding hydrogens is 250 g/mol. The maximum Gasteiger partial charge on any atom is 0.221 e. The molecule has 0 fully saturated rings. The summed E-state index contributed by atoms with van der Waals surface area (Å²) >= 11 is 0. The van der Waals surface area contributed by atoms with Gasteiger partial charge in [-0.25, -0.2) is 0 Å². The summed E-state index contributed by atoms with van der Waals surface area (Å²) in [6.07, 6.45) is 0.382. The van der Waals surface area contributed by atoms with Crippen molar-refractivity contribution >= 4 is 5.91 Å². The van der Waals surface area contributed by atoms with Crippen LogP contribution >= 0.6 is 0 Å². The Morgan fingerprint density at radius 1 is 1.25 bits per heavy atom. The van der Waals surface area contributed by atoms with Gasteiger partial charge in [0.25, 0.3) is 0 Å². The second-order valence-corrected chi connectivity index (χ2v) is 5.81. The van der Waals surface area contributed by atoms with Gasteiger partial charge in [-0.05, 0) is 25.6 Å². The third-order valence-electron chi connectivity index (χ3n) is 3.58. The van der Waals surface area contributed by atoms with Gasteiger partial charge in [0.15, 0.2) is 0 Å². The average molecular weight is 277 g/mol. The maximum atomic E-state index is 11.9. The minimum atomic E-state index is -0.0791. The lowest BCUT2D eigenvalue weighted by molar-refractivity contribution is -0.121. The molecular formula is C16H27N3O. The first-order valence-electron chi connectivity index (χ1n) is 7.15. The van der Waals surface area contributed by atoms with Crippen molar-refractivity contribution in [2.75, 3.05) is 20.6 Å². The van der Waals surface area contributed by atoms with Crippen molar-refractivity contribution in [2.45, 2.75) is 32.4 Å². The van der Waals surface area contributed by atoms with Gasteiger partial charge in [-0.2, -0.15) is 0 Å². The minimum absolute atomic E-state index is 0.0222. The van der Waals surface area contributed by atoms with E-state index in [1.807, 2.05) is 46.1 Å². The molecule has 1 aromatic carbocycles. The first kappa shape index (κ1) is 16.7. The molecule has 1 rings (SSSR count). The zero-order chi connectivity index (χ0) is 15.1. The Bertz CT molecular complexity index is 403. The Balaban J connectivity index is 2.54. The highest BCUT2D eigenvalue weighted by Gasteiger charge is 2.17. The maximum absolute atomic E-state index is 11.9. The van der Waals surface area contributed by atoms with Crippen LogP contribution in [0.4, 0.5) is 0 Å². The summed E-state index contributed by atoms with van der Waals surface area (Å²) in [7, 11) is 4.04. The summed E-state index contributed by atoms with van der Waals surface area (Å²) < 4.78 is 0. The van der Waals surface area contributed by atoms with E-state index in [4.69, 9.17) is 5.73 Å². The van der Waals surface area contributed by atoms with Crippen LogP contribution in [-0.2, 0) is 4.79 Å². The van der Waals surface area contributed by atoms with Gasteiger partial charge in [-0.3, -0.25) is 4.79 Å².